The van der Waals surface area contributed by atoms with E-state index in [2.05, 4.69) is 78.0 Å². The predicted octanol–water partition coefficient (Wildman–Crippen LogP) is 6.08. The van der Waals surface area contributed by atoms with Crippen LogP contribution < -0.4 is 0 Å². The van der Waals surface area contributed by atoms with Gasteiger partial charge in [-0.15, -0.1) is 11.8 Å². The van der Waals surface area contributed by atoms with Crippen molar-refractivity contribution in [2.45, 2.75) is 51.9 Å². The van der Waals surface area contributed by atoms with Crippen LogP contribution in [0.4, 0.5) is 0 Å². The lowest BCUT2D eigenvalue weighted by molar-refractivity contribution is 0.517. The van der Waals surface area contributed by atoms with E-state index in [9.17, 15) is 0 Å². The highest BCUT2D eigenvalue weighted by molar-refractivity contribution is 7.99. The molecule has 0 nitrogen and oxygen atoms in total. The third-order valence-electron chi connectivity index (χ3n) is 3.73. The van der Waals surface area contributed by atoms with Crippen LogP contribution in [0.25, 0.3) is 6.08 Å². The van der Waals surface area contributed by atoms with E-state index < -0.39 is 0 Å². The van der Waals surface area contributed by atoms with Crippen molar-refractivity contribution >= 4 is 17.8 Å². The number of hydrogen-bond donors (Lipinski definition) is 0. The number of fused-ring (bicyclic) bond motifs is 1. The number of hydrogen-bond acceptors (Lipinski definition) is 1. The van der Waals surface area contributed by atoms with E-state index in [0.717, 1.165) is 5.75 Å². The van der Waals surface area contributed by atoms with Gasteiger partial charge in [0.25, 0.3) is 0 Å². The van der Waals surface area contributed by atoms with Crippen LogP contribution in [0.1, 0.15) is 52.7 Å². The maximum Gasteiger partial charge on any atom is 0.0166 e. The monoisotopic (exact) mass is 286 g/mol. The van der Waals surface area contributed by atoms with Gasteiger partial charge in [-0.2, -0.15) is 0 Å². The summed E-state index contributed by atoms with van der Waals surface area (Å²) < 4.78 is 0. The Labute approximate surface area is 128 Å². The van der Waals surface area contributed by atoms with Gasteiger partial charge >= 0.3 is 0 Å². The molecule has 0 atom stereocenters. The molecule has 0 saturated heterocycles. The Morgan fingerprint density at radius 1 is 0.900 bits per heavy atom. The smallest absolute Gasteiger partial charge is 0.0166 e. The highest BCUT2D eigenvalue weighted by Crippen LogP contribution is 2.35. The molecule has 0 saturated carbocycles. The van der Waals surface area contributed by atoms with Crippen molar-refractivity contribution in [3.05, 3.63) is 47.1 Å². The van der Waals surface area contributed by atoms with E-state index in [1.807, 2.05) is 11.8 Å². The largest absolute Gasteiger partial charge is 0.121 e. The van der Waals surface area contributed by atoms with Gasteiger partial charge in [0.2, 0.25) is 0 Å². The van der Waals surface area contributed by atoms with Gasteiger partial charge in [0, 0.05) is 10.6 Å². The summed E-state index contributed by atoms with van der Waals surface area (Å²) in [7, 11) is 0. The van der Waals surface area contributed by atoms with Crippen LogP contribution in [0, 0.1) is 5.41 Å². The van der Waals surface area contributed by atoms with Crippen LogP contribution in [-0.2, 0) is 5.41 Å². The summed E-state index contributed by atoms with van der Waals surface area (Å²) in [6.45, 7) is 13.7. The molecule has 20 heavy (non-hydrogen) atoms. The maximum atomic E-state index is 2.37. The molecule has 0 fully saturated rings. The van der Waals surface area contributed by atoms with Gasteiger partial charge in [0.1, 0.15) is 0 Å². The molecule has 1 aromatic rings. The molecule has 1 aliphatic heterocycles. The van der Waals surface area contributed by atoms with E-state index in [1.165, 1.54) is 21.6 Å². The van der Waals surface area contributed by atoms with Crippen molar-refractivity contribution in [1.29, 1.82) is 0 Å². The minimum Gasteiger partial charge on any atom is -0.121 e. The van der Waals surface area contributed by atoms with E-state index >= 15 is 0 Å². The molecule has 2 rings (SSSR count). The SMILES string of the molecule is CC(C)(C)C1=C/CSc2cc(C(C)(C)C)ccc2/C=C\1. The molecule has 0 amide bonds. The summed E-state index contributed by atoms with van der Waals surface area (Å²) in [6.07, 6.45) is 6.92. The molecule has 0 aromatic heterocycles. The second-order valence-electron chi connectivity index (χ2n) is 7.56. The zero-order chi connectivity index (χ0) is 15.0. The van der Waals surface area contributed by atoms with E-state index in [-0.39, 0.29) is 10.8 Å². The first-order chi connectivity index (χ1) is 9.18. The average Bonchev–Trinajstić information content (AvgIpc) is 2.26. The van der Waals surface area contributed by atoms with Gasteiger partial charge in [-0.1, -0.05) is 71.9 Å². The van der Waals surface area contributed by atoms with Gasteiger partial charge in [0.05, 0.1) is 0 Å². The fourth-order valence-electron chi connectivity index (χ4n) is 2.29. The molecule has 0 N–H and O–H groups in total. The first-order valence-corrected chi connectivity index (χ1v) is 8.32. The molecular formula is C19H26S. The lowest BCUT2D eigenvalue weighted by Gasteiger charge is -2.23. The number of benzene rings is 1. The van der Waals surface area contributed by atoms with Gasteiger partial charge in [-0.05, 0) is 33.6 Å². The van der Waals surface area contributed by atoms with Crippen LogP contribution in [0.3, 0.4) is 0 Å². The number of rotatable bonds is 0. The van der Waals surface area contributed by atoms with Gasteiger partial charge in [-0.25, -0.2) is 0 Å². The van der Waals surface area contributed by atoms with Crippen LogP contribution >= 0.6 is 11.8 Å². The Hall–Kier alpha value is -0.950. The first-order valence-electron chi connectivity index (χ1n) is 7.34. The molecule has 108 valence electrons. The van der Waals surface area contributed by atoms with Crippen LogP contribution in [0.2, 0.25) is 0 Å². The molecule has 1 heterocycles. The van der Waals surface area contributed by atoms with Gasteiger partial charge < -0.3 is 0 Å². The molecule has 0 aliphatic carbocycles. The molecule has 1 heteroatoms. The third kappa shape index (κ3) is 3.58. The van der Waals surface area contributed by atoms with Crippen molar-refractivity contribution < 1.29 is 0 Å². The Bertz CT molecular complexity index is 548. The van der Waals surface area contributed by atoms with E-state index in [1.54, 1.807) is 0 Å². The highest BCUT2D eigenvalue weighted by atomic mass is 32.2. The summed E-state index contributed by atoms with van der Waals surface area (Å²) in [5, 5.41) is 0. The van der Waals surface area contributed by atoms with E-state index in [4.69, 9.17) is 0 Å². The molecule has 0 bridgehead atoms. The molecule has 1 aliphatic rings. The quantitative estimate of drug-likeness (QED) is 0.557. The van der Waals surface area contributed by atoms with Crippen molar-refractivity contribution in [3.63, 3.8) is 0 Å². The predicted molar refractivity (Wildman–Crippen MR) is 92.4 cm³/mol. The lowest BCUT2D eigenvalue weighted by Crippen LogP contribution is -2.11. The van der Waals surface area contributed by atoms with Crippen molar-refractivity contribution in [2.24, 2.45) is 5.41 Å². The third-order valence-corrected chi connectivity index (χ3v) is 4.73. The van der Waals surface area contributed by atoms with Crippen molar-refractivity contribution in [3.8, 4) is 0 Å². The summed E-state index contributed by atoms with van der Waals surface area (Å²) >= 11 is 1.95. The molecular weight excluding hydrogens is 260 g/mol. The first kappa shape index (κ1) is 15.4. The van der Waals surface area contributed by atoms with Crippen molar-refractivity contribution in [2.75, 3.05) is 5.75 Å². The zero-order valence-corrected chi connectivity index (χ0v) is 14.4. The summed E-state index contributed by atoms with van der Waals surface area (Å²) in [4.78, 5) is 1.40. The topological polar surface area (TPSA) is 0 Å². The van der Waals surface area contributed by atoms with Gasteiger partial charge in [-0.3, -0.25) is 0 Å². The number of thioether (sulfide) groups is 1. The minimum atomic E-state index is 0.216. The number of allylic oxidation sites excluding steroid dienone is 2. The van der Waals surface area contributed by atoms with Crippen LogP contribution in [0.15, 0.2) is 40.8 Å². The maximum absolute atomic E-state index is 2.37. The lowest BCUT2D eigenvalue weighted by atomic mass is 9.85. The Morgan fingerprint density at radius 3 is 2.20 bits per heavy atom. The highest BCUT2D eigenvalue weighted by Gasteiger charge is 2.18. The zero-order valence-electron chi connectivity index (χ0n) is 13.6. The van der Waals surface area contributed by atoms with Crippen molar-refractivity contribution in [1.82, 2.24) is 0 Å². The fraction of sp³-hybridized carbons (Fsp3) is 0.474. The van der Waals surface area contributed by atoms with Gasteiger partial charge in [0.15, 0.2) is 0 Å². The summed E-state index contributed by atoms with van der Waals surface area (Å²) in [5.41, 5.74) is 4.62. The second-order valence-corrected chi connectivity index (χ2v) is 8.62. The minimum absolute atomic E-state index is 0.216. The molecule has 1 aromatic carbocycles. The Morgan fingerprint density at radius 2 is 1.60 bits per heavy atom. The molecule has 0 unspecified atom stereocenters. The standard InChI is InChI=1S/C19H26S/c1-18(2,3)15-9-7-14-8-10-16(19(4,5)6)13-17(14)20-12-11-15/h7-11,13H,12H2,1-6H3/b9-7-,15-11+. The van der Waals surface area contributed by atoms with Crippen LogP contribution in [0.5, 0.6) is 0 Å². The normalized spacial score (nSPS) is 20.4. The Kier molecular flexibility index (Phi) is 4.20. The average molecular weight is 286 g/mol. The van der Waals surface area contributed by atoms with E-state index in [0.29, 0.717) is 0 Å². The summed E-state index contributed by atoms with van der Waals surface area (Å²) in [6, 6.07) is 6.90. The summed E-state index contributed by atoms with van der Waals surface area (Å²) in [5.74, 6) is 1.05. The second kappa shape index (κ2) is 5.44. The van der Waals surface area contributed by atoms with Crippen LogP contribution in [-0.4, -0.2) is 5.75 Å². The fourth-order valence-corrected chi connectivity index (χ4v) is 3.24. The Balaban J connectivity index is 2.37. The molecule has 0 radical (unpaired) electrons. The molecule has 0 spiro atoms.